The first-order chi connectivity index (χ1) is 14.6. The van der Waals surface area contributed by atoms with E-state index < -0.39 is 12.0 Å². The fourth-order valence-electron chi connectivity index (χ4n) is 3.84. The Morgan fingerprint density at radius 2 is 1.90 bits per heavy atom. The van der Waals surface area contributed by atoms with E-state index in [0.29, 0.717) is 30.0 Å². The SMILES string of the molecule is COCCN1C(=O)c2ccccc2C(C(=O)Nc2ccc(F)cc2)C1c1cccs1. The third-order valence-corrected chi connectivity index (χ3v) is 6.15. The van der Waals surface area contributed by atoms with Crippen molar-refractivity contribution in [2.45, 2.75) is 12.0 Å². The molecule has 1 aliphatic heterocycles. The summed E-state index contributed by atoms with van der Waals surface area (Å²) in [6.45, 7) is 0.731. The molecule has 7 heteroatoms. The number of ether oxygens (including phenoxy) is 1. The van der Waals surface area contributed by atoms with Crippen LogP contribution in [0.5, 0.6) is 0 Å². The Balaban J connectivity index is 1.78. The lowest BCUT2D eigenvalue weighted by Gasteiger charge is -2.41. The van der Waals surface area contributed by atoms with Gasteiger partial charge in [-0.1, -0.05) is 24.3 Å². The summed E-state index contributed by atoms with van der Waals surface area (Å²) in [5, 5.41) is 4.83. The fraction of sp³-hybridized carbons (Fsp3) is 0.217. The van der Waals surface area contributed by atoms with Crippen LogP contribution in [-0.2, 0) is 9.53 Å². The number of rotatable bonds is 6. The van der Waals surface area contributed by atoms with Crippen molar-refractivity contribution in [1.29, 1.82) is 0 Å². The van der Waals surface area contributed by atoms with Gasteiger partial charge >= 0.3 is 0 Å². The largest absolute Gasteiger partial charge is 0.383 e. The van der Waals surface area contributed by atoms with E-state index in [1.165, 1.54) is 35.6 Å². The third-order valence-electron chi connectivity index (χ3n) is 5.20. The van der Waals surface area contributed by atoms with E-state index in [2.05, 4.69) is 5.32 Å². The van der Waals surface area contributed by atoms with Crippen molar-refractivity contribution in [2.75, 3.05) is 25.6 Å². The van der Waals surface area contributed by atoms with E-state index in [1.807, 2.05) is 29.6 Å². The molecule has 3 aromatic rings. The second-order valence-corrected chi connectivity index (χ2v) is 7.99. The summed E-state index contributed by atoms with van der Waals surface area (Å²) in [6, 6.07) is 16.3. The summed E-state index contributed by atoms with van der Waals surface area (Å²) in [4.78, 5) is 29.4. The molecule has 0 fully saturated rings. The molecule has 154 valence electrons. The van der Waals surface area contributed by atoms with Gasteiger partial charge in [-0.05, 0) is 47.3 Å². The van der Waals surface area contributed by atoms with Crippen LogP contribution in [0, 0.1) is 5.82 Å². The summed E-state index contributed by atoms with van der Waals surface area (Å²) in [5.74, 6) is -1.35. The molecular weight excluding hydrogens is 403 g/mol. The zero-order chi connectivity index (χ0) is 21.1. The molecule has 1 aromatic heterocycles. The van der Waals surface area contributed by atoms with Crippen molar-refractivity contribution in [1.82, 2.24) is 4.90 Å². The molecule has 1 aliphatic rings. The predicted molar refractivity (Wildman–Crippen MR) is 114 cm³/mol. The van der Waals surface area contributed by atoms with Crippen LogP contribution in [0.25, 0.3) is 0 Å². The fourth-order valence-corrected chi connectivity index (χ4v) is 4.71. The molecular formula is C23H21FN2O3S. The van der Waals surface area contributed by atoms with E-state index in [4.69, 9.17) is 4.74 Å². The smallest absolute Gasteiger partial charge is 0.254 e. The molecule has 30 heavy (non-hydrogen) atoms. The predicted octanol–water partition coefficient (Wildman–Crippen LogP) is 4.45. The van der Waals surface area contributed by atoms with Crippen molar-refractivity contribution in [3.63, 3.8) is 0 Å². The van der Waals surface area contributed by atoms with Gasteiger partial charge in [0.1, 0.15) is 5.82 Å². The Bertz CT molecular complexity index is 1040. The maximum absolute atomic E-state index is 13.5. The minimum absolute atomic E-state index is 0.119. The number of thiophene rings is 1. The quantitative estimate of drug-likeness (QED) is 0.636. The van der Waals surface area contributed by atoms with E-state index in [1.54, 1.807) is 24.1 Å². The Morgan fingerprint density at radius 1 is 1.13 bits per heavy atom. The lowest BCUT2D eigenvalue weighted by atomic mass is 9.81. The van der Waals surface area contributed by atoms with Crippen molar-refractivity contribution < 1.29 is 18.7 Å². The molecule has 2 unspecified atom stereocenters. The Morgan fingerprint density at radius 3 is 2.60 bits per heavy atom. The van der Waals surface area contributed by atoms with Gasteiger partial charge < -0.3 is 15.0 Å². The van der Waals surface area contributed by atoms with Gasteiger partial charge in [0.25, 0.3) is 5.91 Å². The van der Waals surface area contributed by atoms with Crippen LogP contribution < -0.4 is 5.32 Å². The van der Waals surface area contributed by atoms with E-state index in [9.17, 15) is 14.0 Å². The van der Waals surface area contributed by atoms with Gasteiger partial charge in [0.15, 0.2) is 0 Å². The first kappa shape index (κ1) is 20.3. The zero-order valence-corrected chi connectivity index (χ0v) is 17.2. The van der Waals surface area contributed by atoms with Crippen LogP contribution in [0.2, 0.25) is 0 Å². The van der Waals surface area contributed by atoms with E-state index in [0.717, 1.165) is 4.88 Å². The zero-order valence-electron chi connectivity index (χ0n) is 16.4. The average Bonchev–Trinajstić information content (AvgIpc) is 3.29. The van der Waals surface area contributed by atoms with E-state index in [-0.39, 0.29) is 17.6 Å². The molecule has 2 heterocycles. The van der Waals surface area contributed by atoms with Gasteiger partial charge in [-0.25, -0.2) is 4.39 Å². The number of hydrogen-bond acceptors (Lipinski definition) is 4. The Hall–Kier alpha value is -3.03. The number of nitrogens with zero attached hydrogens (tertiary/aromatic N) is 1. The molecule has 0 saturated carbocycles. The number of hydrogen-bond donors (Lipinski definition) is 1. The second kappa shape index (κ2) is 8.77. The van der Waals surface area contributed by atoms with Gasteiger partial charge in [0, 0.05) is 29.8 Å². The summed E-state index contributed by atoms with van der Waals surface area (Å²) in [5.41, 5.74) is 1.71. The molecule has 5 nitrogen and oxygen atoms in total. The molecule has 2 atom stereocenters. The van der Waals surface area contributed by atoms with Crippen LogP contribution >= 0.6 is 11.3 Å². The van der Waals surface area contributed by atoms with Crippen molar-refractivity contribution >= 4 is 28.8 Å². The van der Waals surface area contributed by atoms with Gasteiger partial charge in [-0.15, -0.1) is 11.3 Å². The van der Waals surface area contributed by atoms with Crippen molar-refractivity contribution in [2.24, 2.45) is 0 Å². The van der Waals surface area contributed by atoms with Crippen molar-refractivity contribution in [3.05, 3.63) is 87.9 Å². The third kappa shape index (κ3) is 3.86. The Labute approximate surface area is 178 Å². The summed E-state index contributed by atoms with van der Waals surface area (Å²) in [6.07, 6.45) is 0. The lowest BCUT2D eigenvalue weighted by molar-refractivity contribution is -0.119. The minimum Gasteiger partial charge on any atom is -0.383 e. The number of anilines is 1. The maximum atomic E-state index is 13.5. The summed E-state index contributed by atoms with van der Waals surface area (Å²) < 4.78 is 18.5. The lowest BCUT2D eigenvalue weighted by Crippen LogP contribution is -2.47. The van der Waals surface area contributed by atoms with Crippen LogP contribution in [0.15, 0.2) is 66.0 Å². The molecule has 2 aromatic carbocycles. The number of nitrogens with one attached hydrogen (secondary N) is 1. The highest BCUT2D eigenvalue weighted by molar-refractivity contribution is 7.10. The molecule has 0 spiro atoms. The number of methoxy groups -OCH3 is 1. The highest BCUT2D eigenvalue weighted by Crippen LogP contribution is 2.44. The second-order valence-electron chi connectivity index (χ2n) is 7.01. The first-order valence-corrected chi connectivity index (χ1v) is 10.5. The molecule has 2 amide bonds. The summed E-state index contributed by atoms with van der Waals surface area (Å²) in [7, 11) is 1.58. The molecule has 0 saturated heterocycles. The number of fused-ring (bicyclic) bond motifs is 1. The number of halogens is 1. The maximum Gasteiger partial charge on any atom is 0.254 e. The number of carbonyl (C=O) groups excluding carboxylic acids is 2. The number of amides is 2. The van der Waals surface area contributed by atoms with Crippen LogP contribution in [-0.4, -0.2) is 37.0 Å². The van der Waals surface area contributed by atoms with Crippen LogP contribution in [0.1, 0.15) is 32.8 Å². The first-order valence-electron chi connectivity index (χ1n) is 9.59. The van der Waals surface area contributed by atoms with Gasteiger partial charge in [-0.2, -0.15) is 0 Å². The topological polar surface area (TPSA) is 58.6 Å². The van der Waals surface area contributed by atoms with Crippen LogP contribution in [0.4, 0.5) is 10.1 Å². The van der Waals surface area contributed by atoms with Crippen LogP contribution in [0.3, 0.4) is 0 Å². The molecule has 1 N–H and O–H groups in total. The molecule has 0 radical (unpaired) electrons. The standard InChI is InChI=1S/C23H21FN2O3S/c1-29-13-12-26-21(19-7-4-14-30-19)20(17-5-2-3-6-18(17)23(26)28)22(27)25-16-10-8-15(24)9-11-16/h2-11,14,20-21H,12-13H2,1H3,(H,25,27). The molecule has 0 aliphatic carbocycles. The normalized spacial score (nSPS) is 18.2. The van der Waals surface area contributed by atoms with Gasteiger partial charge in [0.05, 0.1) is 18.6 Å². The highest BCUT2D eigenvalue weighted by Gasteiger charge is 2.44. The molecule has 0 bridgehead atoms. The summed E-state index contributed by atoms with van der Waals surface area (Å²) >= 11 is 1.51. The van der Waals surface area contributed by atoms with E-state index >= 15 is 0 Å². The highest BCUT2D eigenvalue weighted by atomic mass is 32.1. The average molecular weight is 424 g/mol. The van der Waals surface area contributed by atoms with Crippen molar-refractivity contribution in [3.8, 4) is 0 Å². The number of benzene rings is 2. The van der Waals surface area contributed by atoms with Gasteiger partial charge in [-0.3, -0.25) is 9.59 Å². The Kier molecular flexibility index (Phi) is 5.92. The minimum atomic E-state index is -0.612. The monoisotopic (exact) mass is 424 g/mol. The van der Waals surface area contributed by atoms with Gasteiger partial charge in [0.2, 0.25) is 5.91 Å². The molecule has 4 rings (SSSR count). The number of carbonyl (C=O) groups is 2.